The lowest BCUT2D eigenvalue weighted by molar-refractivity contribution is -0.117. The van der Waals surface area contributed by atoms with Crippen molar-refractivity contribution in [1.82, 2.24) is 10.2 Å². The Hall–Kier alpha value is -1.64. The van der Waals surface area contributed by atoms with Gasteiger partial charge in [-0.25, -0.2) is 8.42 Å². The number of benzene rings is 1. The highest BCUT2D eigenvalue weighted by atomic mass is 32.2. The van der Waals surface area contributed by atoms with E-state index in [4.69, 9.17) is 0 Å². The van der Waals surface area contributed by atoms with E-state index < -0.39 is 15.4 Å². The number of nitrogens with zero attached hydrogens (tertiary/aromatic N) is 3. The van der Waals surface area contributed by atoms with Gasteiger partial charge < -0.3 is 4.90 Å². The van der Waals surface area contributed by atoms with E-state index in [1.54, 1.807) is 23.1 Å². The molecule has 1 saturated heterocycles. The number of nitrogens with one attached hydrogen (secondary N) is 1. The third kappa shape index (κ3) is 2.68. The van der Waals surface area contributed by atoms with Gasteiger partial charge in [-0.3, -0.25) is 19.3 Å². The minimum atomic E-state index is -3.58. The van der Waals surface area contributed by atoms with Crippen LogP contribution < -0.4 is 14.5 Å². The summed E-state index contributed by atoms with van der Waals surface area (Å²) in [4.78, 5) is 15.6. The minimum absolute atomic E-state index is 0.0101. The summed E-state index contributed by atoms with van der Waals surface area (Å²) in [5.41, 5.74) is 1.21. The van der Waals surface area contributed by atoms with E-state index in [2.05, 4.69) is 5.32 Å². The first-order valence-corrected chi connectivity index (χ1v) is 9.60. The molecule has 2 unspecified atom stereocenters. The molecule has 7 nitrogen and oxygen atoms in total. The smallest absolute Gasteiger partial charge is 0.252 e. The molecule has 1 aromatic carbocycles. The molecule has 0 saturated carbocycles. The van der Waals surface area contributed by atoms with E-state index in [0.717, 1.165) is 0 Å². The zero-order valence-corrected chi connectivity index (χ0v) is 15.2. The summed E-state index contributed by atoms with van der Waals surface area (Å²) in [7, 11) is -1.68. The number of likely N-dealkylation sites (N-methyl/N-ethyl adjacent to an activating group) is 1. The van der Waals surface area contributed by atoms with Gasteiger partial charge in [-0.15, -0.1) is 0 Å². The molecule has 8 heteroatoms. The molecule has 3 atom stereocenters. The Balaban J connectivity index is 2.02. The maximum atomic E-state index is 13.2. The molecule has 0 bridgehead atoms. The molecule has 0 aliphatic carbocycles. The molecular weight excluding hydrogens is 328 g/mol. The largest absolute Gasteiger partial charge is 0.306 e. The second-order valence-electron chi connectivity index (χ2n) is 6.57. The number of hydrogen-bond acceptors (Lipinski definition) is 5. The molecule has 2 heterocycles. The number of anilines is 2. The van der Waals surface area contributed by atoms with Crippen LogP contribution in [-0.4, -0.2) is 56.9 Å². The number of para-hydroxylation sites is 2. The van der Waals surface area contributed by atoms with E-state index in [0.29, 0.717) is 17.9 Å². The monoisotopic (exact) mass is 352 g/mol. The van der Waals surface area contributed by atoms with Crippen LogP contribution in [-0.2, 0) is 14.8 Å². The van der Waals surface area contributed by atoms with E-state index in [-0.39, 0.29) is 24.7 Å². The van der Waals surface area contributed by atoms with E-state index in [9.17, 15) is 13.2 Å². The standard InChI is InChI=1S/C16H24N4O3S/c1-11-9-19(24(22,23)16-10-18(4)12(2)17-16)14-7-5-6-8-15(14)20(11)13(3)21/h5-8,11-12,16-17H,9-10H2,1-4H3/t11-,12?,16?/m0/s1. The fraction of sp³-hybridized carbons (Fsp3) is 0.562. The van der Waals surface area contributed by atoms with Crippen molar-refractivity contribution in [3.63, 3.8) is 0 Å². The average molecular weight is 352 g/mol. The zero-order chi connectivity index (χ0) is 17.6. The van der Waals surface area contributed by atoms with Crippen molar-refractivity contribution in [2.45, 2.75) is 38.4 Å². The molecule has 2 aliphatic heterocycles. The fourth-order valence-electron chi connectivity index (χ4n) is 3.46. The van der Waals surface area contributed by atoms with Gasteiger partial charge in [-0.1, -0.05) is 12.1 Å². The Morgan fingerprint density at radius 2 is 1.79 bits per heavy atom. The number of carbonyl (C=O) groups excluding carboxylic acids is 1. The van der Waals surface area contributed by atoms with Crippen LogP contribution in [0.2, 0.25) is 0 Å². The van der Waals surface area contributed by atoms with Crippen molar-refractivity contribution in [2.75, 3.05) is 29.3 Å². The molecule has 132 valence electrons. The Kier molecular flexibility index (Phi) is 4.31. The van der Waals surface area contributed by atoms with Crippen LogP contribution in [0.4, 0.5) is 11.4 Å². The summed E-state index contributed by atoms with van der Waals surface area (Å²) < 4.78 is 27.8. The SMILES string of the molecule is CC(=O)N1c2ccccc2N(S(=O)(=O)C2CN(C)C(C)N2)C[C@@H]1C. The first-order valence-electron chi connectivity index (χ1n) is 8.10. The second kappa shape index (κ2) is 6.02. The molecular formula is C16H24N4O3S. The van der Waals surface area contributed by atoms with Crippen molar-refractivity contribution in [1.29, 1.82) is 0 Å². The van der Waals surface area contributed by atoms with Crippen molar-refractivity contribution in [3.05, 3.63) is 24.3 Å². The number of hydrogen-bond donors (Lipinski definition) is 1. The zero-order valence-electron chi connectivity index (χ0n) is 14.4. The number of fused-ring (bicyclic) bond motifs is 1. The topological polar surface area (TPSA) is 73.0 Å². The van der Waals surface area contributed by atoms with Gasteiger partial charge in [-0.05, 0) is 33.0 Å². The summed E-state index contributed by atoms with van der Waals surface area (Å²) in [5.74, 6) is -0.0839. The van der Waals surface area contributed by atoms with Gasteiger partial charge in [0.25, 0.3) is 10.0 Å². The molecule has 0 radical (unpaired) electrons. The summed E-state index contributed by atoms with van der Waals surface area (Å²) >= 11 is 0. The van der Waals surface area contributed by atoms with Gasteiger partial charge in [-0.2, -0.15) is 0 Å². The highest BCUT2D eigenvalue weighted by molar-refractivity contribution is 7.93. The maximum Gasteiger partial charge on any atom is 0.252 e. The van der Waals surface area contributed by atoms with E-state index in [1.165, 1.54) is 11.2 Å². The van der Waals surface area contributed by atoms with Crippen molar-refractivity contribution in [2.24, 2.45) is 0 Å². The van der Waals surface area contributed by atoms with Crippen molar-refractivity contribution in [3.8, 4) is 0 Å². The molecule has 2 aliphatic rings. The lowest BCUT2D eigenvalue weighted by Crippen LogP contribution is -2.55. The molecule has 24 heavy (non-hydrogen) atoms. The maximum absolute atomic E-state index is 13.2. The van der Waals surface area contributed by atoms with Crippen LogP contribution >= 0.6 is 0 Å². The van der Waals surface area contributed by atoms with Crippen LogP contribution in [0, 0.1) is 0 Å². The lowest BCUT2D eigenvalue weighted by atomic mass is 10.1. The third-order valence-corrected chi connectivity index (χ3v) is 6.79. The summed E-state index contributed by atoms with van der Waals surface area (Å²) in [6.45, 7) is 6.02. The van der Waals surface area contributed by atoms with Crippen molar-refractivity contribution < 1.29 is 13.2 Å². The van der Waals surface area contributed by atoms with Crippen LogP contribution in [0.15, 0.2) is 24.3 Å². The quantitative estimate of drug-likeness (QED) is 0.852. The summed E-state index contributed by atoms with van der Waals surface area (Å²) in [5, 5.41) is 2.49. The van der Waals surface area contributed by atoms with Crippen LogP contribution in [0.25, 0.3) is 0 Å². The molecule has 0 spiro atoms. The molecule has 3 rings (SSSR count). The van der Waals surface area contributed by atoms with E-state index >= 15 is 0 Å². The Morgan fingerprint density at radius 1 is 1.17 bits per heavy atom. The summed E-state index contributed by atoms with van der Waals surface area (Å²) in [6, 6.07) is 6.96. The van der Waals surface area contributed by atoms with Crippen LogP contribution in [0.1, 0.15) is 20.8 Å². The number of sulfonamides is 1. The van der Waals surface area contributed by atoms with Crippen LogP contribution in [0.3, 0.4) is 0 Å². The summed E-state index contributed by atoms with van der Waals surface area (Å²) in [6.07, 6.45) is 0.0101. The highest BCUT2D eigenvalue weighted by Gasteiger charge is 2.43. The predicted molar refractivity (Wildman–Crippen MR) is 94.3 cm³/mol. The Morgan fingerprint density at radius 3 is 2.33 bits per heavy atom. The number of carbonyl (C=O) groups is 1. The third-order valence-electron chi connectivity index (χ3n) is 4.83. The van der Waals surface area contributed by atoms with Crippen molar-refractivity contribution >= 4 is 27.3 Å². The molecule has 1 fully saturated rings. The minimum Gasteiger partial charge on any atom is -0.306 e. The van der Waals surface area contributed by atoms with Gasteiger partial charge in [0.15, 0.2) is 0 Å². The average Bonchev–Trinajstić information content (AvgIpc) is 2.86. The van der Waals surface area contributed by atoms with Gasteiger partial charge in [0, 0.05) is 13.5 Å². The number of amides is 1. The van der Waals surface area contributed by atoms with Gasteiger partial charge in [0.2, 0.25) is 5.91 Å². The highest BCUT2D eigenvalue weighted by Crippen LogP contribution is 2.38. The molecule has 1 amide bonds. The van der Waals surface area contributed by atoms with E-state index in [1.807, 2.05) is 31.9 Å². The number of rotatable bonds is 2. The van der Waals surface area contributed by atoms with Gasteiger partial charge >= 0.3 is 0 Å². The first-order chi connectivity index (χ1) is 11.2. The Labute approximate surface area is 143 Å². The Bertz CT molecular complexity index is 741. The molecule has 1 aromatic rings. The van der Waals surface area contributed by atoms with Gasteiger partial charge in [0.05, 0.1) is 30.1 Å². The molecule has 1 N–H and O–H groups in total. The normalized spacial score (nSPS) is 28.1. The van der Waals surface area contributed by atoms with Gasteiger partial charge in [0.1, 0.15) is 5.37 Å². The first kappa shape index (κ1) is 17.2. The lowest BCUT2D eigenvalue weighted by Gasteiger charge is -2.41. The van der Waals surface area contributed by atoms with Crippen LogP contribution in [0.5, 0.6) is 0 Å². The predicted octanol–water partition coefficient (Wildman–Crippen LogP) is 0.785. The second-order valence-corrected chi connectivity index (χ2v) is 8.61. The molecule has 0 aromatic heterocycles. The fourth-order valence-corrected chi connectivity index (χ4v) is 5.41.